The zero-order valence-corrected chi connectivity index (χ0v) is 19.3. The Morgan fingerprint density at radius 2 is 1.82 bits per heavy atom. The van der Waals surface area contributed by atoms with Crippen molar-refractivity contribution in [2.45, 2.75) is 6.61 Å². The van der Waals surface area contributed by atoms with E-state index in [9.17, 15) is 20.2 Å². The topological polar surface area (TPSA) is 114 Å². The van der Waals surface area contributed by atoms with Gasteiger partial charge in [-0.1, -0.05) is 35.3 Å². The van der Waals surface area contributed by atoms with E-state index in [1.807, 2.05) is 18.2 Å². The number of non-ortho nitro benzene ring substituents is 1. The van der Waals surface area contributed by atoms with Gasteiger partial charge in [-0.05, 0) is 53.6 Å². The molecule has 8 nitrogen and oxygen atoms in total. The van der Waals surface area contributed by atoms with Gasteiger partial charge in [0.25, 0.3) is 11.6 Å². The Morgan fingerprint density at radius 3 is 2.41 bits per heavy atom. The Morgan fingerprint density at radius 1 is 1.15 bits per heavy atom. The second-order valence-corrected chi connectivity index (χ2v) is 7.72. The lowest BCUT2D eigenvalue weighted by Crippen LogP contribution is -2.13. The molecule has 0 aliphatic carbocycles. The fourth-order valence-electron chi connectivity index (χ4n) is 2.88. The lowest BCUT2D eigenvalue weighted by atomic mass is 10.1. The Hall–Kier alpha value is -4.06. The molecule has 0 fully saturated rings. The van der Waals surface area contributed by atoms with Crippen LogP contribution in [-0.2, 0) is 11.4 Å². The van der Waals surface area contributed by atoms with Crippen molar-refractivity contribution >= 4 is 46.6 Å². The van der Waals surface area contributed by atoms with Crippen LogP contribution in [0.5, 0.6) is 11.5 Å². The van der Waals surface area contributed by atoms with Crippen molar-refractivity contribution in [2.24, 2.45) is 0 Å². The van der Waals surface area contributed by atoms with E-state index in [4.69, 9.17) is 32.7 Å². The quantitative estimate of drug-likeness (QED) is 0.175. The van der Waals surface area contributed by atoms with Crippen LogP contribution in [0.1, 0.15) is 11.1 Å². The lowest BCUT2D eigenvalue weighted by Gasteiger charge is -2.14. The maximum Gasteiger partial charge on any atom is 0.269 e. The van der Waals surface area contributed by atoms with E-state index < -0.39 is 10.8 Å². The molecule has 172 valence electrons. The Bertz CT molecular complexity index is 1280. The monoisotopic (exact) mass is 497 g/mol. The van der Waals surface area contributed by atoms with E-state index in [-0.39, 0.29) is 22.9 Å². The van der Waals surface area contributed by atoms with Crippen LogP contribution in [0.25, 0.3) is 6.08 Å². The molecule has 3 aromatic carbocycles. The third-order valence-corrected chi connectivity index (χ3v) is 5.09. The number of nitrogens with zero attached hydrogens (tertiary/aromatic N) is 2. The molecule has 0 heterocycles. The van der Waals surface area contributed by atoms with Crippen LogP contribution in [0.15, 0.2) is 66.2 Å². The summed E-state index contributed by atoms with van der Waals surface area (Å²) in [6.07, 6.45) is 1.35. The number of rotatable bonds is 8. The molecule has 10 heteroatoms. The molecule has 0 atom stereocenters. The van der Waals surface area contributed by atoms with Crippen molar-refractivity contribution in [1.29, 1.82) is 5.26 Å². The molecule has 0 saturated heterocycles. The average molecular weight is 498 g/mol. The average Bonchev–Trinajstić information content (AvgIpc) is 2.82. The third kappa shape index (κ3) is 6.25. The number of carbonyl (C=O) groups is 1. The molecule has 0 unspecified atom stereocenters. The van der Waals surface area contributed by atoms with Gasteiger partial charge in [0.1, 0.15) is 18.2 Å². The van der Waals surface area contributed by atoms with E-state index in [2.05, 4.69) is 5.32 Å². The molecule has 0 spiro atoms. The summed E-state index contributed by atoms with van der Waals surface area (Å²) in [6, 6.07) is 17.3. The number of anilines is 1. The predicted octanol–water partition coefficient (Wildman–Crippen LogP) is 6.03. The lowest BCUT2D eigenvalue weighted by molar-refractivity contribution is -0.384. The molecule has 1 N–H and O–H groups in total. The number of hydrogen-bond acceptors (Lipinski definition) is 6. The first kappa shape index (κ1) is 24.6. The standard InChI is InChI=1S/C24H17Cl2N3O5/c1-33-22-12-16(11-21(26)23(22)34-14-15-2-4-18(25)5-3-15)10-17(13-27)24(30)28-19-6-8-20(9-7-19)29(31)32/h2-12H,14H2,1H3,(H,28,30)/b17-10-. The summed E-state index contributed by atoms with van der Waals surface area (Å²) in [6.45, 7) is 0.226. The zero-order chi connectivity index (χ0) is 24.7. The molecule has 1 amide bonds. The fraction of sp³-hybridized carbons (Fsp3) is 0.0833. The summed E-state index contributed by atoms with van der Waals surface area (Å²) in [5, 5.41) is 23.6. The largest absolute Gasteiger partial charge is 0.493 e. The number of nitriles is 1. The van der Waals surface area contributed by atoms with Crippen molar-refractivity contribution in [2.75, 3.05) is 12.4 Å². The number of amides is 1. The van der Waals surface area contributed by atoms with Crippen molar-refractivity contribution in [3.8, 4) is 17.6 Å². The number of methoxy groups -OCH3 is 1. The molecule has 0 aromatic heterocycles. The number of nitro groups is 1. The predicted molar refractivity (Wildman–Crippen MR) is 129 cm³/mol. The van der Waals surface area contributed by atoms with E-state index >= 15 is 0 Å². The number of nitro benzene ring substituents is 1. The van der Waals surface area contributed by atoms with Crippen molar-refractivity contribution in [1.82, 2.24) is 0 Å². The van der Waals surface area contributed by atoms with Gasteiger partial charge in [0.2, 0.25) is 0 Å². The van der Waals surface area contributed by atoms with Gasteiger partial charge in [0.05, 0.1) is 17.1 Å². The number of nitrogens with one attached hydrogen (secondary N) is 1. The maximum absolute atomic E-state index is 12.5. The maximum atomic E-state index is 12.5. The minimum atomic E-state index is -0.686. The number of halogens is 2. The van der Waals surface area contributed by atoms with Gasteiger partial charge in [-0.2, -0.15) is 5.26 Å². The fourth-order valence-corrected chi connectivity index (χ4v) is 3.28. The molecule has 0 bridgehead atoms. The highest BCUT2D eigenvalue weighted by molar-refractivity contribution is 6.32. The van der Waals surface area contributed by atoms with Crippen molar-refractivity contribution < 1.29 is 19.2 Å². The minimum absolute atomic E-state index is 0.117. The highest BCUT2D eigenvalue weighted by atomic mass is 35.5. The van der Waals surface area contributed by atoms with Gasteiger partial charge >= 0.3 is 0 Å². The van der Waals surface area contributed by atoms with Gasteiger partial charge in [0, 0.05) is 22.8 Å². The van der Waals surface area contributed by atoms with Gasteiger partial charge < -0.3 is 14.8 Å². The van der Waals surface area contributed by atoms with Gasteiger partial charge in [-0.15, -0.1) is 0 Å². The number of ether oxygens (including phenoxy) is 2. The highest BCUT2D eigenvalue weighted by Gasteiger charge is 2.15. The van der Waals surface area contributed by atoms with Crippen LogP contribution < -0.4 is 14.8 Å². The molecule has 3 rings (SSSR count). The number of benzene rings is 3. The summed E-state index contributed by atoms with van der Waals surface area (Å²) in [7, 11) is 1.45. The van der Waals surface area contributed by atoms with Gasteiger partial charge in [0.15, 0.2) is 11.5 Å². The Balaban J connectivity index is 1.78. The second-order valence-electron chi connectivity index (χ2n) is 6.88. The van der Waals surface area contributed by atoms with Gasteiger partial charge in [-0.25, -0.2) is 0 Å². The smallest absolute Gasteiger partial charge is 0.269 e. The molecule has 0 saturated carbocycles. The van der Waals surface area contributed by atoms with Crippen LogP contribution in [0.4, 0.5) is 11.4 Å². The minimum Gasteiger partial charge on any atom is -0.493 e. The second kappa shape index (κ2) is 11.2. The van der Waals surface area contributed by atoms with Crippen molar-refractivity contribution in [3.63, 3.8) is 0 Å². The first-order valence-electron chi connectivity index (χ1n) is 9.73. The van der Waals surface area contributed by atoms with Crippen LogP contribution in [0.3, 0.4) is 0 Å². The van der Waals surface area contributed by atoms with Crippen LogP contribution >= 0.6 is 23.2 Å². The number of hydrogen-bond donors (Lipinski definition) is 1. The molecule has 3 aromatic rings. The summed E-state index contributed by atoms with van der Waals surface area (Å²) in [5.41, 5.74) is 1.30. The molecule has 0 aliphatic heterocycles. The Kier molecular flexibility index (Phi) is 8.09. The van der Waals surface area contributed by atoms with Crippen molar-refractivity contribution in [3.05, 3.63) is 97.5 Å². The van der Waals surface area contributed by atoms with Crippen LogP contribution in [0, 0.1) is 21.4 Å². The first-order valence-corrected chi connectivity index (χ1v) is 10.5. The van der Waals surface area contributed by atoms with Gasteiger partial charge in [-0.3, -0.25) is 14.9 Å². The summed E-state index contributed by atoms with van der Waals surface area (Å²) in [4.78, 5) is 22.7. The molecule has 0 aliphatic rings. The number of carbonyl (C=O) groups excluding carboxylic acids is 1. The zero-order valence-electron chi connectivity index (χ0n) is 17.7. The van der Waals surface area contributed by atoms with E-state index in [1.54, 1.807) is 18.2 Å². The van der Waals surface area contributed by atoms with Crippen LogP contribution in [0.2, 0.25) is 10.0 Å². The first-order chi connectivity index (χ1) is 16.3. The Labute approximate surface area is 205 Å². The van der Waals surface area contributed by atoms with E-state index in [1.165, 1.54) is 43.5 Å². The summed E-state index contributed by atoms with van der Waals surface area (Å²) < 4.78 is 11.2. The normalized spacial score (nSPS) is 10.8. The summed E-state index contributed by atoms with van der Waals surface area (Å²) >= 11 is 12.3. The molecular weight excluding hydrogens is 481 g/mol. The molecule has 0 radical (unpaired) electrons. The molecular formula is C24H17Cl2N3O5. The summed E-state index contributed by atoms with van der Waals surface area (Å²) in [5.74, 6) is -0.0552. The van der Waals surface area contributed by atoms with E-state index in [0.29, 0.717) is 27.8 Å². The van der Waals surface area contributed by atoms with E-state index in [0.717, 1.165) is 5.56 Å². The highest BCUT2D eigenvalue weighted by Crippen LogP contribution is 2.37. The molecule has 34 heavy (non-hydrogen) atoms. The SMILES string of the molecule is COc1cc(/C=C(/C#N)C(=O)Nc2ccc([N+](=O)[O-])cc2)cc(Cl)c1OCc1ccc(Cl)cc1. The third-order valence-electron chi connectivity index (χ3n) is 4.56. The van der Waals surface area contributed by atoms with Crippen LogP contribution in [-0.4, -0.2) is 17.9 Å².